The second kappa shape index (κ2) is 9.68. The Bertz CT molecular complexity index is 980. The van der Waals surface area contributed by atoms with Crippen LogP contribution in [0.4, 0.5) is 5.00 Å². The van der Waals surface area contributed by atoms with E-state index in [1.807, 2.05) is 18.2 Å². The predicted molar refractivity (Wildman–Crippen MR) is 112 cm³/mol. The molecule has 0 aliphatic carbocycles. The maximum atomic E-state index is 12.6. The highest BCUT2D eigenvalue weighted by molar-refractivity contribution is 7.99. The van der Waals surface area contributed by atoms with Crippen molar-refractivity contribution < 1.29 is 14.3 Å². The van der Waals surface area contributed by atoms with Gasteiger partial charge in [0.05, 0.1) is 12.4 Å². The van der Waals surface area contributed by atoms with Gasteiger partial charge in [0.15, 0.2) is 5.16 Å². The van der Waals surface area contributed by atoms with Crippen LogP contribution in [0, 0.1) is 0 Å². The number of ether oxygens (including phenoxy) is 1. The highest BCUT2D eigenvalue weighted by atomic mass is 35.5. The maximum absolute atomic E-state index is 12.6. The zero-order chi connectivity index (χ0) is 19.9. The molecule has 2 aromatic heterocycles. The molecular weight excluding hydrogens is 418 g/mol. The molecular formula is C19H16ClN3O3S2. The van der Waals surface area contributed by atoms with Gasteiger partial charge in [-0.2, -0.15) is 0 Å². The molecule has 0 radical (unpaired) electrons. The Morgan fingerprint density at radius 1 is 1.18 bits per heavy atom. The van der Waals surface area contributed by atoms with Crippen LogP contribution in [0.5, 0.6) is 0 Å². The summed E-state index contributed by atoms with van der Waals surface area (Å²) in [5, 5.41) is 6.02. The van der Waals surface area contributed by atoms with Crippen molar-refractivity contribution in [2.24, 2.45) is 0 Å². The fraction of sp³-hybridized carbons (Fsp3) is 0.158. The number of esters is 1. The summed E-state index contributed by atoms with van der Waals surface area (Å²) in [6.45, 7) is 1.96. The van der Waals surface area contributed by atoms with E-state index in [0.29, 0.717) is 31.9 Å². The van der Waals surface area contributed by atoms with Crippen LogP contribution in [0.25, 0.3) is 11.1 Å². The van der Waals surface area contributed by atoms with E-state index >= 15 is 0 Å². The van der Waals surface area contributed by atoms with Gasteiger partial charge in [-0.15, -0.1) is 11.3 Å². The van der Waals surface area contributed by atoms with Crippen LogP contribution in [0.2, 0.25) is 5.02 Å². The number of anilines is 1. The van der Waals surface area contributed by atoms with E-state index in [-0.39, 0.29) is 18.3 Å². The average molecular weight is 434 g/mol. The van der Waals surface area contributed by atoms with Crippen molar-refractivity contribution in [1.82, 2.24) is 9.97 Å². The van der Waals surface area contributed by atoms with Crippen LogP contribution >= 0.6 is 34.7 Å². The van der Waals surface area contributed by atoms with Crippen LogP contribution in [0.15, 0.2) is 53.3 Å². The summed E-state index contributed by atoms with van der Waals surface area (Å²) in [6.07, 6.45) is 3.22. The smallest absolute Gasteiger partial charge is 0.341 e. The van der Waals surface area contributed by atoms with Crippen LogP contribution in [0.3, 0.4) is 0 Å². The Balaban J connectivity index is 1.83. The van der Waals surface area contributed by atoms with E-state index in [4.69, 9.17) is 16.3 Å². The number of benzene rings is 1. The molecule has 1 N–H and O–H groups in total. The second-order valence-electron chi connectivity index (χ2n) is 5.42. The number of nitrogens with zero attached hydrogens (tertiary/aromatic N) is 2. The highest BCUT2D eigenvalue weighted by Crippen LogP contribution is 2.39. The Kier molecular flexibility index (Phi) is 7.02. The highest BCUT2D eigenvalue weighted by Gasteiger charge is 2.23. The van der Waals surface area contributed by atoms with Crippen LogP contribution < -0.4 is 5.32 Å². The second-order valence-corrected chi connectivity index (χ2v) is 7.65. The number of carbonyl (C=O) groups is 2. The first kappa shape index (κ1) is 20.3. The van der Waals surface area contributed by atoms with E-state index in [2.05, 4.69) is 15.3 Å². The van der Waals surface area contributed by atoms with E-state index < -0.39 is 5.97 Å². The topological polar surface area (TPSA) is 81.2 Å². The summed E-state index contributed by atoms with van der Waals surface area (Å²) >= 11 is 8.76. The molecule has 144 valence electrons. The summed E-state index contributed by atoms with van der Waals surface area (Å²) in [7, 11) is 0. The fourth-order valence-electron chi connectivity index (χ4n) is 2.39. The monoisotopic (exact) mass is 433 g/mol. The molecule has 3 rings (SSSR count). The average Bonchev–Trinajstić information content (AvgIpc) is 3.11. The number of aromatic nitrogens is 2. The van der Waals surface area contributed by atoms with Gasteiger partial charge in [0.1, 0.15) is 10.6 Å². The lowest BCUT2D eigenvalue weighted by molar-refractivity contribution is -0.113. The van der Waals surface area contributed by atoms with Crippen molar-refractivity contribution in [1.29, 1.82) is 0 Å². The number of amides is 1. The third-order valence-corrected chi connectivity index (χ3v) is 5.66. The molecule has 1 amide bonds. The van der Waals surface area contributed by atoms with Crippen molar-refractivity contribution in [3.63, 3.8) is 0 Å². The van der Waals surface area contributed by atoms with E-state index in [1.54, 1.807) is 36.8 Å². The van der Waals surface area contributed by atoms with E-state index in [9.17, 15) is 9.59 Å². The van der Waals surface area contributed by atoms with Gasteiger partial charge < -0.3 is 10.1 Å². The minimum atomic E-state index is -0.506. The third-order valence-electron chi connectivity index (χ3n) is 3.56. The number of thioether (sulfide) groups is 1. The number of carbonyl (C=O) groups excluding carboxylic acids is 2. The number of hydrogen-bond donors (Lipinski definition) is 1. The van der Waals surface area contributed by atoms with Crippen LogP contribution in [-0.2, 0) is 9.53 Å². The van der Waals surface area contributed by atoms with Crippen molar-refractivity contribution >= 4 is 51.6 Å². The molecule has 0 unspecified atom stereocenters. The Labute approximate surface area is 175 Å². The van der Waals surface area contributed by atoms with Gasteiger partial charge in [-0.3, -0.25) is 4.79 Å². The fourth-order valence-corrected chi connectivity index (χ4v) is 4.19. The SMILES string of the molecule is CCOC(=O)c1c(-c2ccccc2Cl)csc1NC(=O)CSc1ncccn1. The molecule has 0 atom stereocenters. The minimum absolute atomic E-state index is 0.117. The number of rotatable bonds is 7. The quantitative estimate of drug-likeness (QED) is 0.328. The molecule has 0 aliphatic rings. The molecule has 0 bridgehead atoms. The summed E-state index contributed by atoms with van der Waals surface area (Å²) in [5.41, 5.74) is 1.63. The Morgan fingerprint density at radius 2 is 1.93 bits per heavy atom. The van der Waals surface area contributed by atoms with Crippen molar-refractivity contribution in [3.8, 4) is 11.1 Å². The maximum Gasteiger partial charge on any atom is 0.341 e. The van der Waals surface area contributed by atoms with Crippen LogP contribution in [0.1, 0.15) is 17.3 Å². The molecule has 0 spiro atoms. The summed E-state index contributed by atoms with van der Waals surface area (Å²) in [6, 6.07) is 8.92. The van der Waals surface area contributed by atoms with Gasteiger partial charge in [0, 0.05) is 33.9 Å². The molecule has 3 aromatic rings. The lowest BCUT2D eigenvalue weighted by Gasteiger charge is -2.09. The number of thiophene rings is 1. The summed E-state index contributed by atoms with van der Waals surface area (Å²) in [4.78, 5) is 33.1. The molecule has 9 heteroatoms. The summed E-state index contributed by atoms with van der Waals surface area (Å²) < 4.78 is 5.19. The zero-order valence-electron chi connectivity index (χ0n) is 14.8. The van der Waals surface area contributed by atoms with Gasteiger partial charge >= 0.3 is 5.97 Å². The lowest BCUT2D eigenvalue weighted by atomic mass is 10.0. The largest absolute Gasteiger partial charge is 0.462 e. The van der Waals surface area contributed by atoms with Gasteiger partial charge in [0.2, 0.25) is 5.91 Å². The molecule has 0 fully saturated rings. The van der Waals surface area contributed by atoms with E-state index in [0.717, 1.165) is 0 Å². The van der Waals surface area contributed by atoms with Crippen molar-refractivity contribution in [2.45, 2.75) is 12.1 Å². The predicted octanol–water partition coefficient (Wildman–Crippen LogP) is 4.77. The first-order valence-corrected chi connectivity index (χ1v) is 10.6. The van der Waals surface area contributed by atoms with Gasteiger partial charge in [-0.1, -0.05) is 41.6 Å². The molecule has 0 saturated carbocycles. The number of hydrogen-bond acceptors (Lipinski definition) is 7. The van der Waals surface area contributed by atoms with Gasteiger partial charge in [0.25, 0.3) is 0 Å². The Morgan fingerprint density at radius 3 is 2.64 bits per heavy atom. The number of nitrogens with one attached hydrogen (secondary N) is 1. The van der Waals surface area contributed by atoms with Crippen LogP contribution in [-0.4, -0.2) is 34.2 Å². The van der Waals surface area contributed by atoms with E-state index in [1.165, 1.54) is 23.1 Å². The van der Waals surface area contributed by atoms with Gasteiger partial charge in [-0.25, -0.2) is 14.8 Å². The number of halogens is 1. The molecule has 28 heavy (non-hydrogen) atoms. The normalized spacial score (nSPS) is 10.5. The standard InChI is InChI=1S/C19H16ClN3O3S2/c1-2-26-18(25)16-13(12-6-3-4-7-14(12)20)10-27-17(16)23-15(24)11-28-19-21-8-5-9-22-19/h3-10H,2,11H2,1H3,(H,23,24). The minimum Gasteiger partial charge on any atom is -0.462 e. The lowest BCUT2D eigenvalue weighted by Crippen LogP contribution is -2.16. The first-order chi connectivity index (χ1) is 13.6. The molecule has 6 nitrogen and oxygen atoms in total. The van der Waals surface area contributed by atoms with Gasteiger partial charge in [-0.05, 0) is 19.1 Å². The molecule has 0 aliphatic heterocycles. The molecule has 1 aromatic carbocycles. The van der Waals surface area contributed by atoms with Crippen molar-refractivity contribution in [2.75, 3.05) is 17.7 Å². The Hall–Kier alpha value is -2.42. The molecule has 0 saturated heterocycles. The first-order valence-electron chi connectivity index (χ1n) is 8.33. The summed E-state index contributed by atoms with van der Waals surface area (Å²) in [5.74, 6) is -0.658. The molecule has 2 heterocycles. The van der Waals surface area contributed by atoms with Crippen molar-refractivity contribution in [3.05, 3.63) is 58.7 Å². The third kappa shape index (κ3) is 4.89. The zero-order valence-corrected chi connectivity index (χ0v) is 17.2.